The summed E-state index contributed by atoms with van der Waals surface area (Å²) in [6.07, 6.45) is 4.45. The van der Waals surface area contributed by atoms with Gasteiger partial charge in [0, 0.05) is 32.1 Å². The van der Waals surface area contributed by atoms with Crippen LogP contribution >= 0.6 is 0 Å². The molecule has 1 aliphatic rings. The first-order valence-corrected chi connectivity index (χ1v) is 11.0. The number of nitrogens with zero attached hydrogens (tertiary/aromatic N) is 2. The molecule has 0 radical (unpaired) electrons. The maximum absolute atomic E-state index is 14.1. The SMILES string of the molecule is Cc1n(C(C)C)cc[n+]1CCCOC(=O)[C@](O)(c1ccccc1)[C@H]1CCCC(F)(F)C1.[Br-]. The van der Waals surface area contributed by atoms with E-state index >= 15 is 0 Å². The zero-order valence-electron chi connectivity index (χ0n) is 18.9. The fourth-order valence-corrected chi connectivity index (χ4v) is 4.55. The molecule has 1 saturated carbocycles. The number of benzene rings is 1. The molecular formula is C24H33BrF2N2O3. The maximum Gasteiger partial charge on any atom is 0.343 e. The third-order valence-electron chi connectivity index (χ3n) is 6.29. The predicted molar refractivity (Wildman–Crippen MR) is 113 cm³/mol. The summed E-state index contributed by atoms with van der Waals surface area (Å²) in [4.78, 5) is 13.0. The second-order valence-corrected chi connectivity index (χ2v) is 8.81. The number of aryl methyl sites for hydroxylation is 1. The van der Waals surface area contributed by atoms with Crippen LogP contribution in [-0.4, -0.2) is 28.2 Å². The highest BCUT2D eigenvalue weighted by Crippen LogP contribution is 2.45. The van der Waals surface area contributed by atoms with Crippen molar-refractivity contribution in [2.75, 3.05) is 6.61 Å². The van der Waals surface area contributed by atoms with Crippen molar-refractivity contribution in [1.29, 1.82) is 0 Å². The molecule has 5 nitrogen and oxygen atoms in total. The van der Waals surface area contributed by atoms with Crippen LogP contribution in [0.2, 0.25) is 0 Å². The number of esters is 1. The average Bonchev–Trinajstić information content (AvgIpc) is 3.11. The Morgan fingerprint density at radius 3 is 2.62 bits per heavy atom. The number of hydrogen-bond donors (Lipinski definition) is 1. The molecule has 0 unspecified atom stereocenters. The van der Waals surface area contributed by atoms with Gasteiger partial charge in [0.2, 0.25) is 5.92 Å². The van der Waals surface area contributed by atoms with Crippen molar-refractivity contribution in [2.45, 2.75) is 77.0 Å². The number of aromatic nitrogens is 2. The summed E-state index contributed by atoms with van der Waals surface area (Å²) in [7, 11) is 0. The van der Waals surface area contributed by atoms with Crippen LogP contribution in [0.15, 0.2) is 42.7 Å². The van der Waals surface area contributed by atoms with Crippen LogP contribution in [0.1, 0.15) is 63.4 Å². The van der Waals surface area contributed by atoms with Crippen LogP contribution < -0.4 is 21.5 Å². The van der Waals surface area contributed by atoms with Gasteiger partial charge in [0.25, 0.3) is 5.82 Å². The number of alkyl halides is 2. The van der Waals surface area contributed by atoms with Crippen molar-refractivity contribution in [1.82, 2.24) is 4.57 Å². The maximum atomic E-state index is 14.1. The highest BCUT2D eigenvalue weighted by Gasteiger charge is 2.52. The van der Waals surface area contributed by atoms with E-state index in [-0.39, 0.29) is 36.4 Å². The molecule has 32 heavy (non-hydrogen) atoms. The van der Waals surface area contributed by atoms with Crippen molar-refractivity contribution in [3.05, 3.63) is 54.1 Å². The van der Waals surface area contributed by atoms with E-state index in [4.69, 9.17) is 4.74 Å². The van der Waals surface area contributed by atoms with Crippen molar-refractivity contribution < 1.29 is 45.0 Å². The summed E-state index contributed by atoms with van der Waals surface area (Å²) in [5.41, 5.74) is -1.77. The fourth-order valence-electron chi connectivity index (χ4n) is 4.55. The molecule has 0 bridgehead atoms. The van der Waals surface area contributed by atoms with Crippen LogP contribution in [-0.2, 0) is 21.7 Å². The Morgan fingerprint density at radius 1 is 1.34 bits per heavy atom. The molecule has 178 valence electrons. The molecule has 0 aliphatic heterocycles. The van der Waals surface area contributed by atoms with E-state index in [0.717, 1.165) is 5.82 Å². The topological polar surface area (TPSA) is 55.3 Å². The molecule has 3 rings (SSSR count). The number of ether oxygens (including phenoxy) is 1. The minimum absolute atomic E-state index is 0. The predicted octanol–water partition coefficient (Wildman–Crippen LogP) is 1.32. The fraction of sp³-hybridized carbons (Fsp3) is 0.583. The molecule has 2 atom stereocenters. The first-order chi connectivity index (χ1) is 14.6. The number of carbonyl (C=O) groups excluding carboxylic acids is 1. The minimum Gasteiger partial charge on any atom is -1.00 e. The van der Waals surface area contributed by atoms with Gasteiger partial charge in [0.1, 0.15) is 12.4 Å². The lowest BCUT2D eigenvalue weighted by atomic mass is 9.72. The number of aliphatic hydroxyl groups is 1. The summed E-state index contributed by atoms with van der Waals surface area (Å²) in [6.45, 7) is 7.01. The molecule has 0 spiro atoms. The Bertz CT molecular complexity index is 889. The van der Waals surface area contributed by atoms with E-state index in [1.807, 2.05) is 19.3 Å². The number of rotatable bonds is 8. The summed E-state index contributed by atoms with van der Waals surface area (Å²) in [6, 6.07) is 8.69. The molecule has 1 aromatic heterocycles. The number of hydrogen-bond acceptors (Lipinski definition) is 3. The summed E-state index contributed by atoms with van der Waals surface area (Å²) >= 11 is 0. The molecule has 1 fully saturated rings. The number of carbonyl (C=O) groups is 1. The van der Waals surface area contributed by atoms with Crippen LogP contribution in [0.4, 0.5) is 8.78 Å². The molecule has 1 aromatic carbocycles. The van der Waals surface area contributed by atoms with Crippen molar-refractivity contribution in [2.24, 2.45) is 5.92 Å². The molecule has 1 N–H and O–H groups in total. The third-order valence-corrected chi connectivity index (χ3v) is 6.29. The zero-order chi connectivity index (χ0) is 22.6. The number of imidazole rings is 1. The minimum atomic E-state index is -2.89. The van der Waals surface area contributed by atoms with E-state index in [1.165, 1.54) is 0 Å². The van der Waals surface area contributed by atoms with Gasteiger partial charge in [-0.1, -0.05) is 30.3 Å². The van der Waals surface area contributed by atoms with Gasteiger partial charge < -0.3 is 26.8 Å². The van der Waals surface area contributed by atoms with Gasteiger partial charge in [0.15, 0.2) is 5.60 Å². The van der Waals surface area contributed by atoms with Gasteiger partial charge in [-0.3, -0.25) is 0 Å². The zero-order valence-corrected chi connectivity index (χ0v) is 20.5. The van der Waals surface area contributed by atoms with E-state index in [1.54, 1.807) is 30.3 Å². The number of halogens is 3. The average molecular weight is 515 g/mol. The second-order valence-electron chi connectivity index (χ2n) is 8.81. The first kappa shape index (κ1) is 26.5. The molecule has 1 heterocycles. The highest BCUT2D eigenvalue weighted by molar-refractivity contribution is 5.81. The molecule has 0 amide bonds. The lowest BCUT2D eigenvalue weighted by molar-refractivity contribution is -0.703. The molecule has 1 aliphatic carbocycles. The Balaban J connectivity index is 0.00000363. The molecule has 0 saturated heterocycles. The monoisotopic (exact) mass is 514 g/mol. The van der Waals surface area contributed by atoms with Crippen LogP contribution in [0.25, 0.3) is 0 Å². The second kappa shape index (κ2) is 10.9. The van der Waals surface area contributed by atoms with E-state index < -0.39 is 29.8 Å². The normalized spacial score (nSPS) is 19.8. The quantitative estimate of drug-likeness (QED) is 0.328. The Kier molecular flexibility index (Phi) is 8.99. The Morgan fingerprint density at radius 2 is 2.03 bits per heavy atom. The molecule has 8 heteroatoms. The van der Waals surface area contributed by atoms with Crippen molar-refractivity contribution in [3.63, 3.8) is 0 Å². The first-order valence-electron chi connectivity index (χ1n) is 11.0. The van der Waals surface area contributed by atoms with Gasteiger partial charge in [-0.15, -0.1) is 0 Å². The van der Waals surface area contributed by atoms with Crippen LogP contribution in [0.3, 0.4) is 0 Å². The largest absolute Gasteiger partial charge is 1.00 e. The lowest BCUT2D eigenvalue weighted by Gasteiger charge is -2.39. The van der Waals surface area contributed by atoms with Crippen molar-refractivity contribution >= 4 is 5.97 Å². The van der Waals surface area contributed by atoms with Gasteiger partial charge in [-0.25, -0.2) is 22.7 Å². The van der Waals surface area contributed by atoms with Gasteiger partial charge >= 0.3 is 5.97 Å². The van der Waals surface area contributed by atoms with E-state index in [0.29, 0.717) is 31.0 Å². The molecular weight excluding hydrogens is 482 g/mol. The Hall–Kier alpha value is -1.80. The summed E-state index contributed by atoms with van der Waals surface area (Å²) in [5.74, 6) is -3.51. The summed E-state index contributed by atoms with van der Waals surface area (Å²) in [5, 5.41) is 11.4. The smallest absolute Gasteiger partial charge is 0.343 e. The van der Waals surface area contributed by atoms with Crippen molar-refractivity contribution in [3.8, 4) is 0 Å². The van der Waals surface area contributed by atoms with E-state index in [2.05, 4.69) is 23.0 Å². The Labute approximate surface area is 199 Å². The highest BCUT2D eigenvalue weighted by atomic mass is 79.9. The van der Waals surface area contributed by atoms with E-state index in [9.17, 15) is 18.7 Å². The van der Waals surface area contributed by atoms with Gasteiger partial charge in [0.05, 0.1) is 19.2 Å². The summed E-state index contributed by atoms with van der Waals surface area (Å²) < 4.78 is 37.9. The standard InChI is InChI=1S/C24H33F2N2O3.BrH/c1-18(2)28-15-14-27(19(28)3)13-8-16-31-22(29)24(30,20-9-5-4-6-10-20)21-11-7-12-23(25,26)17-21;/h4-6,9-10,14-15,18,21,30H,7-8,11-13,16-17H2,1-3H3;1H/q+1;/p-1/t21-,24-;/m0./s1. The van der Waals surface area contributed by atoms with Crippen LogP contribution in [0, 0.1) is 12.8 Å². The lowest BCUT2D eigenvalue weighted by Crippen LogP contribution is -3.00. The van der Waals surface area contributed by atoms with Crippen LogP contribution in [0.5, 0.6) is 0 Å². The van der Waals surface area contributed by atoms with Gasteiger partial charge in [-0.2, -0.15) is 0 Å². The van der Waals surface area contributed by atoms with Gasteiger partial charge in [-0.05, 0) is 32.3 Å². The third kappa shape index (κ3) is 5.76. The molecule has 2 aromatic rings.